The van der Waals surface area contributed by atoms with E-state index < -0.39 is 5.97 Å². The van der Waals surface area contributed by atoms with Gasteiger partial charge in [0.1, 0.15) is 5.76 Å². The minimum atomic E-state index is -0.939. The Kier molecular flexibility index (Phi) is 3.29. The van der Waals surface area contributed by atoms with Gasteiger partial charge in [0.2, 0.25) is 0 Å². The number of carboxylic acids is 1. The zero-order chi connectivity index (χ0) is 10.6. The van der Waals surface area contributed by atoms with Crippen LogP contribution in [0.4, 0.5) is 0 Å². The monoisotopic (exact) mass is 192 g/mol. The molecule has 0 radical (unpaired) electrons. The zero-order valence-electron chi connectivity index (χ0n) is 8.15. The molecule has 1 N–H and O–H groups in total. The highest BCUT2D eigenvalue weighted by Gasteiger charge is 1.98. The molecular weight excluding hydrogens is 180 g/mol. The first-order chi connectivity index (χ1) is 6.59. The Bertz CT molecular complexity index is 369. The molecule has 74 valence electrons. The van der Waals surface area contributed by atoms with E-state index in [2.05, 4.69) is 0 Å². The maximum absolute atomic E-state index is 10.3. The van der Waals surface area contributed by atoms with Crippen molar-refractivity contribution in [2.24, 2.45) is 0 Å². The van der Waals surface area contributed by atoms with Crippen molar-refractivity contribution in [2.45, 2.75) is 13.8 Å². The number of hydrogen-bond donors (Lipinski definition) is 1. The number of aliphatic carboxylic acids is 1. The van der Waals surface area contributed by atoms with E-state index in [1.807, 2.05) is 13.0 Å². The highest BCUT2D eigenvalue weighted by molar-refractivity contribution is 5.82. The van der Waals surface area contributed by atoms with Crippen LogP contribution in [0, 0.1) is 0 Å². The average molecular weight is 192 g/mol. The second kappa shape index (κ2) is 4.46. The molecule has 0 bridgehead atoms. The number of furan rings is 1. The van der Waals surface area contributed by atoms with E-state index in [1.54, 1.807) is 25.3 Å². The topological polar surface area (TPSA) is 50.4 Å². The number of allylic oxidation sites excluding steroid dienone is 3. The molecule has 14 heavy (non-hydrogen) atoms. The summed E-state index contributed by atoms with van der Waals surface area (Å²) in [6, 6.07) is 3.63. The molecule has 0 atom stereocenters. The van der Waals surface area contributed by atoms with Gasteiger partial charge in [-0.05, 0) is 37.1 Å². The molecule has 0 aliphatic heterocycles. The van der Waals surface area contributed by atoms with E-state index >= 15 is 0 Å². The maximum Gasteiger partial charge on any atom is 0.328 e. The van der Waals surface area contributed by atoms with Gasteiger partial charge in [-0.2, -0.15) is 0 Å². The fraction of sp³-hybridized carbons (Fsp3) is 0.182. The second-order valence-corrected chi connectivity index (χ2v) is 3.03. The van der Waals surface area contributed by atoms with Gasteiger partial charge in [0.05, 0.1) is 6.26 Å². The molecule has 0 aliphatic rings. The minimum Gasteiger partial charge on any atom is -0.478 e. The van der Waals surface area contributed by atoms with Crippen LogP contribution in [0.25, 0.3) is 5.57 Å². The third-order valence-electron chi connectivity index (χ3n) is 1.71. The summed E-state index contributed by atoms with van der Waals surface area (Å²) in [5.41, 5.74) is 1.59. The van der Waals surface area contributed by atoms with Crippen molar-refractivity contribution in [2.75, 3.05) is 0 Å². The van der Waals surface area contributed by atoms with Gasteiger partial charge in [0, 0.05) is 6.08 Å². The van der Waals surface area contributed by atoms with Gasteiger partial charge < -0.3 is 9.52 Å². The normalized spacial score (nSPS) is 13.0. The summed E-state index contributed by atoms with van der Waals surface area (Å²) in [6.07, 6.45) is 4.52. The van der Waals surface area contributed by atoms with Crippen molar-refractivity contribution in [3.63, 3.8) is 0 Å². The van der Waals surface area contributed by atoms with E-state index in [-0.39, 0.29) is 0 Å². The second-order valence-electron chi connectivity index (χ2n) is 3.03. The predicted octanol–water partition coefficient (Wildman–Crippen LogP) is 2.71. The lowest BCUT2D eigenvalue weighted by Gasteiger charge is -1.96. The molecule has 1 heterocycles. The molecule has 0 saturated carbocycles. The maximum atomic E-state index is 10.3. The highest BCUT2D eigenvalue weighted by Crippen LogP contribution is 2.15. The van der Waals surface area contributed by atoms with E-state index in [0.717, 1.165) is 17.4 Å². The third kappa shape index (κ3) is 2.94. The molecule has 0 saturated heterocycles. The van der Waals surface area contributed by atoms with Gasteiger partial charge in [0.15, 0.2) is 0 Å². The van der Waals surface area contributed by atoms with Crippen LogP contribution in [0.15, 0.2) is 40.5 Å². The first-order valence-electron chi connectivity index (χ1n) is 4.23. The van der Waals surface area contributed by atoms with Crippen molar-refractivity contribution in [1.29, 1.82) is 0 Å². The summed E-state index contributed by atoms with van der Waals surface area (Å²) >= 11 is 0. The Hall–Kier alpha value is -1.77. The van der Waals surface area contributed by atoms with Crippen LogP contribution in [0.1, 0.15) is 19.6 Å². The Morgan fingerprint density at radius 3 is 2.64 bits per heavy atom. The third-order valence-corrected chi connectivity index (χ3v) is 1.71. The van der Waals surface area contributed by atoms with E-state index in [9.17, 15) is 4.79 Å². The zero-order valence-corrected chi connectivity index (χ0v) is 8.15. The quantitative estimate of drug-likeness (QED) is 0.591. The van der Waals surface area contributed by atoms with Crippen molar-refractivity contribution in [3.8, 4) is 0 Å². The molecule has 0 fully saturated rings. The van der Waals surface area contributed by atoms with E-state index in [1.165, 1.54) is 0 Å². The van der Waals surface area contributed by atoms with Gasteiger partial charge in [-0.25, -0.2) is 4.79 Å². The van der Waals surface area contributed by atoms with Gasteiger partial charge in [0.25, 0.3) is 0 Å². The van der Waals surface area contributed by atoms with Gasteiger partial charge in [-0.1, -0.05) is 6.08 Å². The molecule has 3 heteroatoms. The minimum absolute atomic E-state index is 0.686. The molecule has 0 amide bonds. The van der Waals surface area contributed by atoms with Crippen LogP contribution in [0.5, 0.6) is 0 Å². The van der Waals surface area contributed by atoms with Crippen molar-refractivity contribution >= 4 is 11.5 Å². The van der Waals surface area contributed by atoms with Gasteiger partial charge in [-0.15, -0.1) is 0 Å². The largest absolute Gasteiger partial charge is 0.478 e. The lowest BCUT2D eigenvalue weighted by Crippen LogP contribution is -1.88. The number of rotatable bonds is 3. The van der Waals surface area contributed by atoms with E-state index in [0.29, 0.717) is 5.57 Å². The average Bonchev–Trinajstić information content (AvgIpc) is 2.53. The predicted molar refractivity (Wildman–Crippen MR) is 53.8 cm³/mol. The molecule has 0 aliphatic carbocycles. The van der Waals surface area contributed by atoms with Gasteiger partial charge in [-0.3, -0.25) is 0 Å². The van der Waals surface area contributed by atoms with E-state index in [4.69, 9.17) is 9.52 Å². The Morgan fingerprint density at radius 1 is 1.43 bits per heavy atom. The molecule has 1 rings (SSSR count). The molecule has 0 unspecified atom stereocenters. The first kappa shape index (κ1) is 10.3. The highest BCUT2D eigenvalue weighted by atomic mass is 16.4. The lowest BCUT2D eigenvalue weighted by atomic mass is 10.1. The first-order valence-corrected chi connectivity index (χ1v) is 4.23. The Labute approximate surface area is 82.4 Å². The fourth-order valence-corrected chi connectivity index (χ4v) is 1.15. The molecule has 1 aromatic heterocycles. The van der Waals surface area contributed by atoms with Crippen molar-refractivity contribution in [1.82, 2.24) is 0 Å². The lowest BCUT2D eigenvalue weighted by molar-refractivity contribution is -0.131. The number of carboxylic acid groups (broad SMARTS) is 1. The van der Waals surface area contributed by atoms with Crippen LogP contribution in [-0.4, -0.2) is 11.1 Å². The fourth-order valence-electron chi connectivity index (χ4n) is 1.15. The summed E-state index contributed by atoms with van der Waals surface area (Å²) in [4.78, 5) is 10.3. The van der Waals surface area contributed by atoms with Gasteiger partial charge >= 0.3 is 5.97 Å². The summed E-state index contributed by atoms with van der Waals surface area (Å²) in [5.74, 6) is -0.186. The van der Waals surface area contributed by atoms with Crippen LogP contribution in [-0.2, 0) is 4.79 Å². The number of hydrogen-bond acceptors (Lipinski definition) is 2. The molecule has 0 aromatic carbocycles. The Morgan fingerprint density at radius 2 is 2.14 bits per heavy atom. The Balaban J connectivity index is 2.84. The summed E-state index contributed by atoms with van der Waals surface area (Å²) in [7, 11) is 0. The smallest absolute Gasteiger partial charge is 0.328 e. The molecule has 1 aromatic rings. The number of carbonyl (C=O) groups is 1. The summed E-state index contributed by atoms with van der Waals surface area (Å²) in [6.45, 7) is 3.61. The molecular formula is C11H12O3. The standard InChI is InChI=1S/C11H12O3/c1-8(7-11(12)13)6-9(2)10-4-3-5-14-10/h3-7H,1-2H3,(H,12,13)/b8-7-,9-6+. The van der Waals surface area contributed by atoms with Crippen molar-refractivity contribution < 1.29 is 14.3 Å². The summed E-state index contributed by atoms with van der Waals surface area (Å²) < 4.78 is 5.16. The van der Waals surface area contributed by atoms with Crippen LogP contribution in [0.3, 0.4) is 0 Å². The molecule has 0 spiro atoms. The van der Waals surface area contributed by atoms with Crippen LogP contribution < -0.4 is 0 Å². The summed E-state index contributed by atoms with van der Waals surface area (Å²) in [5, 5.41) is 8.50. The van der Waals surface area contributed by atoms with Crippen LogP contribution in [0.2, 0.25) is 0 Å². The molecule has 3 nitrogen and oxygen atoms in total. The van der Waals surface area contributed by atoms with Crippen molar-refractivity contribution in [3.05, 3.63) is 41.9 Å². The SMILES string of the molecule is CC(=C/C(=O)O)/C=C(\C)c1ccco1. The van der Waals surface area contributed by atoms with Crippen LogP contribution >= 0.6 is 0 Å².